The summed E-state index contributed by atoms with van der Waals surface area (Å²) < 4.78 is 37.7. The fraction of sp³-hybridized carbons (Fsp3) is 0.455. The Morgan fingerprint density at radius 3 is 2.47 bits per heavy atom. The monoisotopic (exact) mass is 323 g/mol. The van der Waals surface area contributed by atoms with Crippen molar-refractivity contribution in [3.8, 4) is 0 Å². The summed E-state index contributed by atoms with van der Waals surface area (Å²) >= 11 is 3.16. The predicted octanol–water partition coefficient (Wildman–Crippen LogP) is 2.39. The maximum atomic E-state index is 13.9. The van der Waals surface area contributed by atoms with Gasteiger partial charge in [0.25, 0.3) is 0 Å². The van der Waals surface area contributed by atoms with Gasteiger partial charge < -0.3 is 5.73 Å². The van der Waals surface area contributed by atoms with E-state index in [1.165, 1.54) is 25.1 Å². The fourth-order valence-corrected chi connectivity index (χ4v) is 3.41. The van der Waals surface area contributed by atoms with Crippen molar-refractivity contribution >= 4 is 25.8 Å². The van der Waals surface area contributed by atoms with Gasteiger partial charge in [-0.15, -0.1) is 0 Å². The van der Waals surface area contributed by atoms with E-state index in [1.807, 2.05) is 0 Å². The van der Waals surface area contributed by atoms with Crippen LogP contribution >= 0.6 is 15.9 Å². The molecule has 6 heteroatoms. The minimum atomic E-state index is -3.30. The molecule has 0 saturated heterocycles. The molecule has 0 aromatic heterocycles. The summed E-state index contributed by atoms with van der Waals surface area (Å²) in [5, 5.41) is 0. The lowest BCUT2D eigenvalue weighted by Crippen LogP contribution is -2.26. The molecule has 0 fully saturated rings. The fourth-order valence-electron chi connectivity index (χ4n) is 1.35. The minimum absolute atomic E-state index is 0.00866. The number of sulfone groups is 1. The lowest BCUT2D eigenvalue weighted by Gasteiger charge is -2.19. The zero-order valence-corrected chi connectivity index (χ0v) is 12.1. The first-order valence-corrected chi connectivity index (χ1v) is 7.61. The van der Waals surface area contributed by atoms with Crippen LogP contribution in [-0.4, -0.2) is 20.7 Å². The molecule has 1 atom stereocenters. The van der Waals surface area contributed by atoms with Crippen molar-refractivity contribution in [3.63, 3.8) is 0 Å². The van der Waals surface area contributed by atoms with Gasteiger partial charge in [-0.1, -0.05) is 13.0 Å². The zero-order chi connectivity index (χ0) is 13.3. The normalized spacial score (nSPS) is 15.6. The van der Waals surface area contributed by atoms with Crippen LogP contribution in [-0.2, 0) is 15.5 Å². The van der Waals surface area contributed by atoms with Crippen molar-refractivity contribution in [1.82, 2.24) is 0 Å². The first kappa shape index (κ1) is 14.6. The van der Waals surface area contributed by atoms with E-state index in [9.17, 15) is 12.8 Å². The number of hydrogen-bond donors (Lipinski definition) is 1. The summed E-state index contributed by atoms with van der Waals surface area (Å²) in [5.41, 5.74) is 4.04. The molecule has 0 aliphatic carbocycles. The second kappa shape index (κ2) is 5.04. The summed E-state index contributed by atoms with van der Waals surface area (Å²) in [5.74, 6) is 0.00866. The molecule has 0 spiro atoms. The largest absolute Gasteiger partial charge is 0.327 e. The Bertz CT molecular complexity index is 514. The summed E-state index contributed by atoms with van der Waals surface area (Å²) in [6, 6.07) is 4.33. The van der Waals surface area contributed by atoms with Gasteiger partial charge in [0.15, 0.2) is 9.84 Å². The Labute approximate surface area is 109 Å². The molecule has 2 N–H and O–H groups in total. The molecular weight excluding hydrogens is 309 g/mol. The molecule has 0 saturated carbocycles. The Balaban J connectivity index is 3.29. The Hall–Kier alpha value is -0.460. The average Bonchev–Trinajstić information content (AvgIpc) is 2.28. The van der Waals surface area contributed by atoms with Crippen LogP contribution in [0.3, 0.4) is 0 Å². The van der Waals surface area contributed by atoms with Gasteiger partial charge in [-0.25, -0.2) is 12.8 Å². The Kier molecular flexibility index (Phi) is 4.33. The number of benzene rings is 1. The smallest absolute Gasteiger partial charge is 0.179 e. The molecule has 0 aliphatic rings. The Morgan fingerprint density at radius 1 is 1.47 bits per heavy atom. The molecule has 0 aliphatic heterocycles. The second-order valence-electron chi connectivity index (χ2n) is 3.95. The summed E-state index contributed by atoms with van der Waals surface area (Å²) in [6.45, 7) is 2.77. The predicted molar refractivity (Wildman–Crippen MR) is 69.4 cm³/mol. The third-order valence-electron chi connectivity index (χ3n) is 2.63. The molecule has 3 nitrogen and oxygen atoms in total. The van der Waals surface area contributed by atoms with Crippen molar-refractivity contribution in [2.45, 2.75) is 24.4 Å². The lowest BCUT2D eigenvalue weighted by molar-refractivity contribution is 0.203. The van der Waals surface area contributed by atoms with Gasteiger partial charge in [0.05, 0.1) is 10.6 Å². The lowest BCUT2D eigenvalue weighted by atomic mass is 9.98. The molecule has 1 aromatic rings. The van der Waals surface area contributed by atoms with Gasteiger partial charge in [0.2, 0.25) is 0 Å². The van der Waals surface area contributed by atoms with E-state index < -0.39 is 15.5 Å². The molecular formula is C11H15BrFNO2S. The van der Waals surface area contributed by atoms with Gasteiger partial charge in [0, 0.05) is 11.0 Å². The molecule has 0 amide bonds. The van der Waals surface area contributed by atoms with E-state index in [4.69, 9.17) is 5.73 Å². The van der Waals surface area contributed by atoms with E-state index in [1.54, 1.807) is 6.92 Å². The van der Waals surface area contributed by atoms with Gasteiger partial charge >= 0.3 is 0 Å². The van der Waals surface area contributed by atoms with Gasteiger partial charge in [-0.3, -0.25) is 0 Å². The van der Waals surface area contributed by atoms with Gasteiger partial charge in [-0.05, 0) is 40.5 Å². The van der Waals surface area contributed by atoms with Crippen LogP contribution in [0.25, 0.3) is 0 Å². The number of rotatable bonds is 4. The highest BCUT2D eigenvalue weighted by Gasteiger charge is 2.26. The average molecular weight is 324 g/mol. The summed E-state index contributed by atoms with van der Waals surface area (Å²) in [6.07, 6.45) is 0. The molecule has 0 radical (unpaired) electrons. The first-order chi connectivity index (χ1) is 7.74. The second-order valence-corrected chi connectivity index (χ2v) is 7.05. The molecule has 17 heavy (non-hydrogen) atoms. The number of alkyl halides is 1. The molecule has 1 aromatic carbocycles. The quantitative estimate of drug-likeness (QED) is 0.925. The standard InChI is InChI=1S/C11H15BrFNO2S/c1-3-17(15,16)10-5-4-8(6-9(10)12)11(2,13)7-14/h4-6H,3,7,14H2,1-2H3. The SMILES string of the molecule is CCS(=O)(=O)c1ccc(C(C)(F)CN)cc1Br. The molecule has 1 rings (SSSR count). The van der Waals surface area contributed by atoms with Crippen LogP contribution in [0.5, 0.6) is 0 Å². The Morgan fingerprint density at radius 2 is 2.06 bits per heavy atom. The topological polar surface area (TPSA) is 60.2 Å². The number of nitrogens with two attached hydrogens (primary N) is 1. The summed E-state index contributed by atoms with van der Waals surface area (Å²) in [4.78, 5) is 0.177. The highest BCUT2D eigenvalue weighted by atomic mass is 79.9. The highest BCUT2D eigenvalue weighted by molar-refractivity contribution is 9.10. The van der Waals surface area contributed by atoms with Crippen LogP contribution in [0, 0.1) is 0 Å². The maximum absolute atomic E-state index is 13.9. The zero-order valence-electron chi connectivity index (χ0n) is 9.70. The van der Waals surface area contributed by atoms with Gasteiger partial charge in [0.1, 0.15) is 5.67 Å². The van der Waals surface area contributed by atoms with E-state index in [2.05, 4.69) is 15.9 Å². The van der Waals surface area contributed by atoms with E-state index >= 15 is 0 Å². The number of hydrogen-bond acceptors (Lipinski definition) is 3. The van der Waals surface area contributed by atoms with Crippen LogP contribution < -0.4 is 5.73 Å². The minimum Gasteiger partial charge on any atom is -0.327 e. The van der Waals surface area contributed by atoms with Crippen LogP contribution in [0.4, 0.5) is 4.39 Å². The van der Waals surface area contributed by atoms with E-state index in [-0.39, 0.29) is 17.2 Å². The van der Waals surface area contributed by atoms with Crippen molar-refractivity contribution in [1.29, 1.82) is 0 Å². The van der Waals surface area contributed by atoms with Crippen molar-refractivity contribution in [3.05, 3.63) is 28.2 Å². The van der Waals surface area contributed by atoms with E-state index in [0.29, 0.717) is 10.0 Å². The van der Waals surface area contributed by atoms with Crippen molar-refractivity contribution in [2.75, 3.05) is 12.3 Å². The highest BCUT2D eigenvalue weighted by Crippen LogP contribution is 2.30. The molecule has 0 heterocycles. The van der Waals surface area contributed by atoms with Crippen molar-refractivity contribution < 1.29 is 12.8 Å². The van der Waals surface area contributed by atoms with Crippen LogP contribution in [0.15, 0.2) is 27.6 Å². The molecule has 1 unspecified atom stereocenters. The third kappa shape index (κ3) is 3.05. The van der Waals surface area contributed by atoms with Gasteiger partial charge in [-0.2, -0.15) is 0 Å². The molecule has 0 bridgehead atoms. The third-order valence-corrected chi connectivity index (χ3v) is 5.34. The van der Waals surface area contributed by atoms with Crippen LogP contribution in [0.2, 0.25) is 0 Å². The summed E-state index contributed by atoms with van der Waals surface area (Å²) in [7, 11) is -3.30. The first-order valence-electron chi connectivity index (χ1n) is 5.16. The van der Waals surface area contributed by atoms with Crippen LogP contribution in [0.1, 0.15) is 19.4 Å². The maximum Gasteiger partial charge on any atom is 0.179 e. The number of halogens is 2. The van der Waals surface area contributed by atoms with E-state index in [0.717, 1.165) is 0 Å². The molecule has 96 valence electrons. The van der Waals surface area contributed by atoms with Crippen molar-refractivity contribution in [2.24, 2.45) is 5.73 Å².